The van der Waals surface area contributed by atoms with Crippen LogP contribution >= 0.6 is 0 Å². The van der Waals surface area contributed by atoms with Gasteiger partial charge in [-0.15, -0.1) is 0 Å². The smallest absolute Gasteiger partial charge is 0.0166 e. The summed E-state index contributed by atoms with van der Waals surface area (Å²) in [6.07, 6.45) is 18.8. The van der Waals surface area contributed by atoms with E-state index in [1.54, 1.807) is 0 Å². The maximum atomic E-state index is 2.18. The van der Waals surface area contributed by atoms with Gasteiger partial charge in [-0.1, -0.05) is 55.5 Å². The average Bonchev–Trinajstić information content (AvgIpc) is 2.10. The molecule has 0 aromatic rings. The Morgan fingerprint density at radius 2 is 1.58 bits per heavy atom. The molecule has 0 heteroatoms. The van der Waals surface area contributed by atoms with Gasteiger partial charge in [0, 0.05) is 0 Å². The van der Waals surface area contributed by atoms with Crippen LogP contribution in [-0.4, -0.2) is 0 Å². The predicted molar refractivity (Wildman–Crippen MR) is 57.1 cm³/mol. The quantitative estimate of drug-likeness (QED) is 0.423. The van der Waals surface area contributed by atoms with Crippen LogP contribution < -0.4 is 0 Å². The van der Waals surface area contributed by atoms with E-state index >= 15 is 0 Å². The van der Waals surface area contributed by atoms with Crippen molar-refractivity contribution in [3.63, 3.8) is 0 Å². The third kappa shape index (κ3) is 8.96. The fourth-order valence-corrected chi connectivity index (χ4v) is 0.738. The highest BCUT2D eigenvalue weighted by molar-refractivity contribution is 5.11. The van der Waals surface area contributed by atoms with Gasteiger partial charge < -0.3 is 0 Å². The second-order valence-electron chi connectivity index (χ2n) is 2.45. The summed E-state index contributed by atoms with van der Waals surface area (Å²) in [7, 11) is 0. The van der Waals surface area contributed by atoms with Crippen LogP contribution in [0.5, 0.6) is 0 Å². The Labute approximate surface area is 76.0 Å². The first kappa shape index (κ1) is 11.0. The molecule has 0 aromatic carbocycles. The van der Waals surface area contributed by atoms with Crippen molar-refractivity contribution in [2.75, 3.05) is 0 Å². The highest BCUT2D eigenvalue weighted by Crippen LogP contribution is 1.89. The molecule has 0 aliphatic rings. The van der Waals surface area contributed by atoms with E-state index in [1.165, 1.54) is 0 Å². The monoisotopic (exact) mass is 162 g/mol. The normalized spacial score (nSPS) is 13.2. The van der Waals surface area contributed by atoms with E-state index in [9.17, 15) is 0 Å². The minimum absolute atomic E-state index is 1.04. The Hall–Kier alpha value is -1.04. The maximum Gasteiger partial charge on any atom is -0.0166 e. The molecule has 0 unspecified atom stereocenters. The lowest BCUT2D eigenvalue weighted by molar-refractivity contribution is 1.20. The number of rotatable bonds is 5. The minimum atomic E-state index is 1.04. The summed E-state index contributed by atoms with van der Waals surface area (Å²) in [5.41, 5.74) is 0. The zero-order valence-electron chi connectivity index (χ0n) is 8.03. The average molecular weight is 162 g/mol. The zero-order chi connectivity index (χ0) is 9.07. The van der Waals surface area contributed by atoms with Gasteiger partial charge in [0.2, 0.25) is 0 Å². The molecular formula is C12H18. The first-order valence-corrected chi connectivity index (χ1v) is 4.51. The Kier molecular flexibility index (Phi) is 9.10. The molecule has 0 spiro atoms. The van der Waals surface area contributed by atoms with Gasteiger partial charge >= 0.3 is 0 Å². The highest BCUT2D eigenvalue weighted by atomic mass is 13.7. The molecule has 0 amide bonds. The first-order chi connectivity index (χ1) is 5.91. The summed E-state index contributed by atoms with van der Waals surface area (Å²) >= 11 is 0. The van der Waals surface area contributed by atoms with Crippen molar-refractivity contribution in [2.24, 2.45) is 0 Å². The molecule has 12 heavy (non-hydrogen) atoms. The Morgan fingerprint density at radius 1 is 0.833 bits per heavy atom. The second kappa shape index (κ2) is 9.96. The molecule has 0 bridgehead atoms. The van der Waals surface area contributed by atoms with Gasteiger partial charge in [0.25, 0.3) is 0 Å². The molecule has 0 aliphatic heterocycles. The fraction of sp³-hybridized carbons (Fsp3) is 0.333. The second-order valence-corrected chi connectivity index (χ2v) is 2.45. The lowest BCUT2D eigenvalue weighted by Crippen LogP contribution is -1.58. The number of hydrogen-bond acceptors (Lipinski definition) is 0. The van der Waals surface area contributed by atoms with Gasteiger partial charge in [-0.3, -0.25) is 0 Å². The number of allylic oxidation sites excluding steroid dienone is 8. The van der Waals surface area contributed by atoms with Gasteiger partial charge in [0.15, 0.2) is 0 Å². The third-order valence-electron chi connectivity index (χ3n) is 1.34. The lowest BCUT2D eigenvalue weighted by atomic mass is 10.3. The topological polar surface area (TPSA) is 0 Å². The molecular weight excluding hydrogens is 144 g/mol. The molecule has 0 atom stereocenters. The summed E-state index contributed by atoms with van der Waals surface area (Å²) in [4.78, 5) is 0. The maximum absolute atomic E-state index is 2.18. The standard InChI is InChI=1S/C12H18/c1-3-5-7-9-11-12-10-8-6-4-2/h3,5-9,11-12H,4,10H2,1-2H3. The van der Waals surface area contributed by atoms with Crippen molar-refractivity contribution in [3.05, 3.63) is 48.6 Å². The van der Waals surface area contributed by atoms with E-state index in [4.69, 9.17) is 0 Å². The van der Waals surface area contributed by atoms with Crippen molar-refractivity contribution in [3.8, 4) is 0 Å². The molecule has 0 aromatic heterocycles. The van der Waals surface area contributed by atoms with Gasteiger partial charge in [0.1, 0.15) is 0 Å². The molecule has 0 saturated carbocycles. The minimum Gasteiger partial charge on any atom is -0.0885 e. The van der Waals surface area contributed by atoms with Gasteiger partial charge in [-0.2, -0.15) is 0 Å². The highest BCUT2D eigenvalue weighted by Gasteiger charge is 1.67. The zero-order valence-corrected chi connectivity index (χ0v) is 8.03. The van der Waals surface area contributed by atoms with Gasteiger partial charge in [0.05, 0.1) is 0 Å². The van der Waals surface area contributed by atoms with Crippen LogP contribution in [0.4, 0.5) is 0 Å². The molecule has 0 rings (SSSR count). The molecule has 0 heterocycles. The molecule has 0 saturated heterocycles. The van der Waals surface area contributed by atoms with Crippen molar-refractivity contribution in [2.45, 2.75) is 26.7 Å². The molecule has 0 radical (unpaired) electrons. The van der Waals surface area contributed by atoms with Crippen molar-refractivity contribution < 1.29 is 0 Å². The molecule has 0 N–H and O–H groups in total. The van der Waals surface area contributed by atoms with Crippen LogP contribution in [0.15, 0.2) is 48.6 Å². The summed E-state index contributed by atoms with van der Waals surface area (Å²) in [6, 6.07) is 0. The van der Waals surface area contributed by atoms with Crippen LogP contribution in [0.2, 0.25) is 0 Å². The third-order valence-corrected chi connectivity index (χ3v) is 1.34. The lowest BCUT2D eigenvalue weighted by Gasteiger charge is -1.79. The molecule has 0 fully saturated rings. The van der Waals surface area contributed by atoms with Gasteiger partial charge in [-0.25, -0.2) is 0 Å². The van der Waals surface area contributed by atoms with Gasteiger partial charge in [-0.05, 0) is 19.8 Å². The van der Waals surface area contributed by atoms with Crippen molar-refractivity contribution in [1.82, 2.24) is 0 Å². The molecule has 66 valence electrons. The van der Waals surface area contributed by atoms with Crippen LogP contribution in [0.3, 0.4) is 0 Å². The van der Waals surface area contributed by atoms with E-state index in [2.05, 4.69) is 31.2 Å². The summed E-state index contributed by atoms with van der Waals surface area (Å²) in [6.45, 7) is 4.16. The van der Waals surface area contributed by atoms with Crippen LogP contribution in [0, 0.1) is 0 Å². The van der Waals surface area contributed by atoms with E-state index in [1.807, 2.05) is 31.2 Å². The predicted octanol–water partition coefficient (Wildman–Crippen LogP) is 4.03. The van der Waals surface area contributed by atoms with Crippen molar-refractivity contribution in [1.29, 1.82) is 0 Å². The fourth-order valence-electron chi connectivity index (χ4n) is 0.738. The van der Waals surface area contributed by atoms with E-state index in [0.717, 1.165) is 12.8 Å². The summed E-state index contributed by atoms with van der Waals surface area (Å²) < 4.78 is 0. The van der Waals surface area contributed by atoms with Crippen LogP contribution in [0.25, 0.3) is 0 Å². The summed E-state index contributed by atoms with van der Waals surface area (Å²) in [5.74, 6) is 0. The van der Waals surface area contributed by atoms with Crippen LogP contribution in [-0.2, 0) is 0 Å². The summed E-state index contributed by atoms with van der Waals surface area (Å²) in [5, 5.41) is 0. The first-order valence-electron chi connectivity index (χ1n) is 4.51. The van der Waals surface area contributed by atoms with Crippen molar-refractivity contribution >= 4 is 0 Å². The molecule has 0 aliphatic carbocycles. The van der Waals surface area contributed by atoms with E-state index < -0.39 is 0 Å². The Morgan fingerprint density at radius 3 is 2.25 bits per heavy atom. The Bertz CT molecular complexity index is 180. The number of hydrogen-bond donors (Lipinski definition) is 0. The molecule has 0 nitrogen and oxygen atoms in total. The van der Waals surface area contributed by atoms with E-state index in [0.29, 0.717) is 0 Å². The SMILES string of the molecule is CC=CC=CC=CCC=CCC. The van der Waals surface area contributed by atoms with E-state index in [-0.39, 0.29) is 0 Å². The Balaban J connectivity index is 3.43. The van der Waals surface area contributed by atoms with Crippen LogP contribution in [0.1, 0.15) is 26.7 Å². The largest absolute Gasteiger partial charge is 0.0885 e.